The van der Waals surface area contributed by atoms with Crippen LogP contribution in [0.5, 0.6) is 0 Å². The van der Waals surface area contributed by atoms with Crippen LogP contribution in [0.1, 0.15) is 44.4 Å². The fourth-order valence-corrected chi connectivity index (χ4v) is 2.62. The maximum absolute atomic E-state index is 5.48. The second kappa shape index (κ2) is 6.22. The monoisotopic (exact) mass is 236 g/mol. The van der Waals surface area contributed by atoms with E-state index >= 15 is 0 Å². The van der Waals surface area contributed by atoms with Crippen LogP contribution in [0.2, 0.25) is 0 Å². The molecule has 1 aliphatic rings. The lowest BCUT2D eigenvalue weighted by atomic mass is 10.0. The van der Waals surface area contributed by atoms with E-state index in [4.69, 9.17) is 4.42 Å². The highest BCUT2D eigenvalue weighted by Gasteiger charge is 2.20. The van der Waals surface area contributed by atoms with Gasteiger partial charge in [0.15, 0.2) is 0 Å². The summed E-state index contributed by atoms with van der Waals surface area (Å²) in [6, 6.07) is 5.08. The molecule has 17 heavy (non-hydrogen) atoms. The number of hydrogen-bond acceptors (Lipinski definition) is 3. The highest BCUT2D eigenvalue weighted by atomic mass is 16.3. The zero-order valence-corrected chi connectivity index (χ0v) is 11.0. The van der Waals surface area contributed by atoms with E-state index < -0.39 is 0 Å². The van der Waals surface area contributed by atoms with E-state index in [0.29, 0.717) is 12.1 Å². The normalized spacial score (nSPS) is 23.8. The number of furan rings is 1. The minimum Gasteiger partial charge on any atom is -0.468 e. The van der Waals surface area contributed by atoms with Gasteiger partial charge < -0.3 is 14.6 Å². The Kier molecular flexibility index (Phi) is 4.63. The molecule has 1 aromatic heterocycles. The molecule has 0 radical (unpaired) electrons. The first-order chi connectivity index (χ1) is 8.31. The van der Waals surface area contributed by atoms with Crippen molar-refractivity contribution in [1.29, 1.82) is 0 Å². The molecule has 96 valence electrons. The van der Waals surface area contributed by atoms with Crippen molar-refractivity contribution in [3.8, 4) is 0 Å². The zero-order valence-electron chi connectivity index (χ0n) is 11.0. The average Bonchev–Trinajstić information content (AvgIpc) is 2.86. The zero-order chi connectivity index (χ0) is 12.1. The van der Waals surface area contributed by atoms with Gasteiger partial charge in [-0.1, -0.05) is 13.3 Å². The van der Waals surface area contributed by atoms with Crippen molar-refractivity contribution >= 4 is 0 Å². The second-order valence-corrected chi connectivity index (χ2v) is 5.01. The second-order valence-electron chi connectivity index (χ2n) is 5.01. The maximum Gasteiger partial charge on any atom is 0.120 e. The highest BCUT2D eigenvalue weighted by Crippen LogP contribution is 2.19. The van der Waals surface area contributed by atoms with Gasteiger partial charge in [0.25, 0.3) is 0 Å². The van der Waals surface area contributed by atoms with Gasteiger partial charge in [-0.25, -0.2) is 0 Å². The van der Waals surface area contributed by atoms with E-state index in [1.807, 2.05) is 6.07 Å². The number of nitrogens with one attached hydrogen (secondary N) is 1. The quantitative estimate of drug-likeness (QED) is 0.852. The van der Waals surface area contributed by atoms with Crippen LogP contribution >= 0.6 is 0 Å². The van der Waals surface area contributed by atoms with E-state index in [-0.39, 0.29) is 0 Å². The standard InChI is InChI=1S/C14H24N2O/c1-3-13(14-8-6-10-17-14)15-11-12-7-4-5-9-16(12)2/h6,8,10,12-13,15H,3-5,7,9,11H2,1-2H3. The van der Waals surface area contributed by atoms with Gasteiger partial charge in [-0.05, 0) is 45.0 Å². The number of rotatable bonds is 5. The summed E-state index contributed by atoms with van der Waals surface area (Å²) in [5.74, 6) is 1.06. The molecule has 0 bridgehead atoms. The summed E-state index contributed by atoms with van der Waals surface area (Å²) in [7, 11) is 2.24. The molecule has 1 aromatic rings. The minimum absolute atomic E-state index is 0.361. The summed E-state index contributed by atoms with van der Waals surface area (Å²) in [6.07, 6.45) is 6.87. The van der Waals surface area contributed by atoms with E-state index in [0.717, 1.165) is 18.7 Å². The first-order valence-corrected chi connectivity index (χ1v) is 6.78. The van der Waals surface area contributed by atoms with Gasteiger partial charge in [0.1, 0.15) is 5.76 Å². The largest absolute Gasteiger partial charge is 0.468 e. The van der Waals surface area contributed by atoms with Gasteiger partial charge in [0, 0.05) is 12.6 Å². The van der Waals surface area contributed by atoms with Crippen LogP contribution in [0, 0.1) is 0 Å². The molecule has 2 rings (SSSR count). The number of likely N-dealkylation sites (N-methyl/N-ethyl adjacent to an activating group) is 1. The van der Waals surface area contributed by atoms with Crippen LogP contribution in [0.4, 0.5) is 0 Å². The van der Waals surface area contributed by atoms with Gasteiger partial charge >= 0.3 is 0 Å². The van der Waals surface area contributed by atoms with Crippen molar-refractivity contribution in [1.82, 2.24) is 10.2 Å². The highest BCUT2D eigenvalue weighted by molar-refractivity contribution is 5.04. The molecule has 0 amide bonds. The molecule has 3 nitrogen and oxygen atoms in total. The van der Waals surface area contributed by atoms with Crippen molar-refractivity contribution in [2.75, 3.05) is 20.1 Å². The molecule has 2 atom stereocenters. The Labute approximate surface area is 104 Å². The molecule has 3 heteroatoms. The fourth-order valence-electron chi connectivity index (χ4n) is 2.62. The van der Waals surface area contributed by atoms with Crippen LogP contribution in [-0.2, 0) is 0 Å². The summed E-state index contributed by atoms with van der Waals surface area (Å²) in [5, 5.41) is 3.64. The first-order valence-electron chi connectivity index (χ1n) is 6.78. The molecular weight excluding hydrogens is 212 g/mol. The third-order valence-corrected chi connectivity index (χ3v) is 3.82. The predicted octanol–water partition coefficient (Wildman–Crippen LogP) is 2.80. The summed E-state index contributed by atoms with van der Waals surface area (Å²) in [6.45, 7) is 4.50. The number of hydrogen-bond donors (Lipinski definition) is 1. The molecule has 0 aromatic carbocycles. The topological polar surface area (TPSA) is 28.4 Å². The number of piperidine rings is 1. The Balaban J connectivity index is 1.83. The molecule has 1 aliphatic heterocycles. The van der Waals surface area contributed by atoms with Crippen LogP contribution in [0.3, 0.4) is 0 Å². The Bertz CT molecular complexity index is 310. The lowest BCUT2D eigenvalue weighted by molar-refractivity contribution is 0.175. The molecule has 2 unspecified atom stereocenters. The number of likely N-dealkylation sites (tertiary alicyclic amines) is 1. The van der Waals surface area contributed by atoms with Crippen molar-refractivity contribution in [3.63, 3.8) is 0 Å². The number of nitrogens with zero attached hydrogens (tertiary/aromatic N) is 1. The lowest BCUT2D eigenvalue weighted by Gasteiger charge is -2.33. The summed E-state index contributed by atoms with van der Waals surface area (Å²) < 4.78 is 5.48. The van der Waals surface area contributed by atoms with Gasteiger partial charge in [-0.15, -0.1) is 0 Å². The van der Waals surface area contributed by atoms with Crippen molar-refractivity contribution in [2.45, 2.75) is 44.7 Å². The van der Waals surface area contributed by atoms with Gasteiger partial charge in [0.05, 0.1) is 12.3 Å². The summed E-state index contributed by atoms with van der Waals surface area (Å²) >= 11 is 0. The van der Waals surface area contributed by atoms with Crippen LogP contribution in [0.15, 0.2) is 22.8 Å². The molecule has 0 spiro atoms. The minimum atomic E-state index is 0.361. The Morgan fingerprint density at radius 1 is 1.53 bits per heavy atom. The van der Waals surface area contributed by atoms with Gasteiger partial charge in [-0.3, -0.25) is 0 Å². The fraction of sp³-hybridized carbons (Fsp3) is 0.714. The summed E-state index contributed by atoms with van der Waals surface area (Å²) in [4.78, 5) is 2.48. The molecule has 0 saturated carbocycles. The van der Waals surface area contributed by atoms with Crippen molar-refractivity contribution in [3.05, 3.63) is 24.2 Å². The molecule has 1 saturated heterocycles. The average molecular weight is 236 g/mol. The first kappa shape index (κ1) is 12.7. The van der Waals surface area contributed by atoms with E-state index in [1.165, 1.54) is 25.8 Å². The Morgan fingerprint density at radius 3 is 3.06 bits per heavy atom. The van der Waals surface area contributed by atoms with E-state index in [9.17, 15) is 0 Å². The van der Waals surface area contributed by atoms with E-state index in [2.05, 4.69) is 30.3 Å². The van der Waals surface area contributed by atoms with E-state index in [1.54, 1.807) is 6.26 Å². The smallest absolute Gasteiger partial charge is 0.120 e. The lowest BCUT2D eigenvalue weighted by Crippen LogP contribution is -2.43. The Morgan fingerprint density at radius 2 is 2.41 bits per heavy atom. The third kappa shape index (κ3) is 3.33. The molecule has 1 N–H and O–H groups in total. The molecule has 1 fully saturated rings. The summed E-state index contributed by atoms with van der Waals surface area (Å²) in [5.41, 5.74) is 0. The van der Waals surface area contributed by atoms with Gasteiger partial charge in [-0.2, -0.15) is 0 Å². The molecule has 2 heterocycles. The van der Waals surface area contributed by atoms with Crippen LogP contribution in [-0.4, -0.2) is 31.1 Å². The third-order valence-electron chi connectivity index (χ3n) is 3.82. The molecular formula is C14H24N2O. The predicted molar refractivity (Wildman–Crippen MR) is 70.0 cm³/mol. The van der Waals surface area contributed by atoms with Crippen LogP contribution in [0.25, 0.3) is 0 Å². The maximum atomic E-state index is 5.48. The SMILES string of the molecule is CCC(NCC1CCCCN1C)c1ccco1. The van der Waals surface area contributed by atoms with Crippen LogP contribution < -0.4 is 5.32 Å². The van der Waals surface area contributed by atoms with Crippen molar-refractivity contribution < 1.29 is 4.42 Å². The Hall–Kier alpha value is -0.800. The van der Waals surface area contributed by atoms with Crippen molar-refractivity contribution in [2.24, 2.45) is 0 Å². The van der Waals surface area contributed by atoms with Gasteiger partial charge in [0.2, 0.25) is 0 Å². The molecule has 0 aliphatic carbocycles.